The molecule has 0 bridgehead atoms. The molecule has 35 heavy (non-hydrogen) atoms. The Bertz CT molecular complexity index is 1180. The monoisotopic (exact) mass is 498 g/mol. The molecule has 0 radical (unpaired) electrons. The maximum Gasteiger partial charge on any atom is 0.265 e. The third-order valence-corrected chi connectivity index (χ3v) is 8.09. The van der Waals surface area contributed by atoms with Gasteiger partial charge in [-0.25, -0.2) is 8.42 Å². The Hall–Kier alpha value is -3.13. The summed E-state index contributed by atoms with van der Waals surface area (Å²) in [5, 5.41) is 11.8. The van der Waals surface area contributed by atoms with Crippen LogP contribution in [0.5, 0.6) is 5.75 Å². The molecular weight excluding hydrogens is 468 g/mol. The van der Waals surface area contributed by atoms with Crippen molar-refractivity contribution in [3.05, 3.63) is 48.0 Å². The van der Waals surface area contributed by atoms with Crippen molar-refractivity contribution in [2.24, 2.45) is 0 Å². The first-order valence-corrected chi connectivity index (χ1v) is 13.3. The zero-order chi connectivity index (χ0) is 24.8. The molecule has 9 nitrogen and oxygen atoms in total. The lowest BCUT2D eigenvalue weighted by Gasteiger charge is -2.31. The molecule has 0 aliphatic carbocycles. The Morgan fingerprint density at radius 2 is 1.74 bits per heavy atom. The number of piperidine rings is 1. The van der Waals surface area contributed by atoms with E-state index in [0.29, 0.717) is 56.4 Å². The molecule has 2 aromatic rings. The van der Waals surface area contributed by atoms with Crippen LogP contribution in [-0.2, 0) is 19.6 Å². The van der Waals surface area contributed by atoms with Gasteiger partial charge in [0.1, 0.15) is 5.75 Å². The van der Waals surface area contributed by atoms with Crippen molar-refractivity contribution in [2.45, 2.75) is 37.2 Å². The van der Waals surface area contributed by atoms with E-state index in [1.807, 2.05) is 6.07 Å². The number of hydrogen-bond donors (Lipinski definition) is 1. The molecule has 0 aromatic heterocycles. The number of sulfonamides is 1. The maximum atomic E-state index is 13.3. The number of carbonyl (C=O) groups excluding carboxylic acids is 1. The first kappa shape index (κ1) is 25.0. The molecular formula is C25H30N4O5S. The van der Waals surface area contributed by atoms with Crippen molar-refractivity contribution in [3.8, 4) is 11.8 Å². The van der Waals surface area contributed by atoms with Crippen LogP contribution in [0.4, 0.5) is 11.4 Å². The summed E-state index contributed by atoms with van der Waals surface area (Å²) in [6.45, 7) is 5.02. The van der Waals surface area contributed by atoms with Crippen molar-refractivity contribution in [1.29, 1.82) is 5.26 Å². The lowest BCUT2D eigenvalue weighted by atomic mass is 10.2. The van der Waals surface area contributed by atoms with E-state index in [0.717, 1.165) is 24.9 Å². The van der Waals surface area contributed by atoms with Crippen LogP contribution in [0.2, 0.25) is 0 Å². The summed E-state index contributed by atoms with van der Waals surface area (Å²) in [7, 11) is -3.66. The molecule has 2 aromatic carbocycles. The summed E-state index contributed by atoms with van der Waals surface area (Å²) in [6.07, 6.45) is 1.88. The van der Waals surface area contributed by atoms with Crippen LogP contribution < -0.4 is 15.0 Å². The van der Waals surface area contributed by atoms with E-state index in [-0.39, 0.29) is 4.90 Å². The van der Waals surface area contributed by atoms with Gasteiger partial charge < -0.3 is 19.7 Å². The SMILES string of the molecule is CC(Oc1ccc(C#N)cc1)C(=O)Nc1cc(S(=O)(=O)N2CCCCC2)ccc1N1CCOCC1. The topological polar surface area (TPSA) is 112 Å². The number of ether oxygens (including phenoxy) is 2. The average molecular weight is 499 g/mol. The van der Waals surface area contributed by atoms with Gasteiger partial charge >= 0.3 is 0 Å². The normalized spacial score (nSPS) is 17.9. The quantitative estimate of drug-likeness (QED) is 0.625. The fourth-order valence-electron chi connectivity index (χ4n) is 4.21. The van der Waals surface area contributed by atoms with Crippen molar-refractivity contribution in [2.75, 3.05) is 49.6 Å². The van der Waals surface area contributed by atoms with Gasteiger partial charge in [0.15, 0.2) is 6.10 Å². The molecule has 2 saturated heterocycles. The molecule has 2 fully saturated rings. The fourth-order valence-corrected chi connectivity index (χ4v) is 5.75. The predicted molar refractivity (Wildman–Crippen MR) is 132 cm³/mol. The number of amides is 1. The number of nitrogens with zero attached hydrogens (tertiary/aromatic N) is 3. The van der Waals surface area contributed by atoms with Gasteiger partial charge in [-0.1, -0.05) is 6.42 Å². The van der Waals surface area contributed by atoms with Gasteiger partial charge in [-0.15, -0.1) is 0 Å². The van der Waals surface area contributed by atoms with Gasteiger partial charge in [0, 0.05) is 26.2 Å². The molecule has 186 valence electrons. The fraction of sp³-hybridized carbons (Fsp3) is 0.440. The summed E-state index contributed by atoms with van der Waals surface area (Å²) in [5.74, 6) is 0.0536. The van der Waals surface area contributed by atoms with Crippen LogP contribution in [0.25, 0.3) is 0 Å². The molecule has 4 rings (SSSR count). The molecule has 0 saturated carbocycles. The van der Waals surface area contributed by atoms with Crippen molar-refractivity contribution in [3.63, 3.8) is 0 Å². The van der Waals surface area contributed by atoms with E-state index in [4.69, 9.17) is 14.7 Å². The van der Waals surface area contributed by atoms with E-state index in [1.165, 1.54) is 4.31 Å². The summed E-state index contributed by atoms with van der Waals surface area (Å²) < 4.78 is 39.3. The highest BCUT2D eigenvalue weighted by Crippen LogP contribution is 2.32. The third kappa shape index (κ3) is 5.93. The van der Waals surface area contributed by atoms with Crippen LogP contribution in [0, 0.1) is 11.3 Å². The molecule has 1 unspecified atom stereocenters. The average Bonchev–Trinajstić information content (AvgIpc) is 2.90. The van der Waals surface area contributed by atoms with Crippen molar-refractivity contribution >= 4 is 27.3 Å². The molecule has 10 heteroatoms. The van der Waals surface area contributed by atoms with Gasteiger partial charge in [-0.05, 0) is 62.2 Å². The highest BCUT2D eigenvalue weighted by Gasteiger charge is 2.28. The van der Waals surface area contributed by atoms with E-state index >= 15 is 0 Å². The maximum absolute atomic E-state index is 13.3. The Labute approximate surface area is 206 Å². The zero-order valence-corrected chi connectivity index (χ0v) is 20.6. The Morgan fingerprint density at radius 1 is 1.06 bits per heavy atom. The van der Waals surface area contributed by atoms with Crippen LogP contribution in [-0.4, -0.2) is 64.1 Å². The number of nitrogens with one attached hydrogen (secondary N) is 1. The summed E-state index contributed by atoms with van der Waals surface area (Å²) in [6, 6.07) is 13.4. The Morgan fingerprint density at radius 3 is 2.40 bits per heavy atom. The number of morpholine rings is 1. The second-order valence-electron chi connectivity index (χ2n) is 8.63. The van der Waals surface area contributed by atoms with Crippen LogP contribution in [0.15, 0.2) is 47.4 Å². The number of rotatable bonds is 7. The van der Waals surface area contributed by atoms with Gasteiger partial charge in [0.2, 0.25) is 10.0 Å². The molecule has 1 amide bonds. The molecule has 2 aliphatic rings. The minimum Gasteiger partial charge on any atom is -0.481 e. The largest absolute Gasteiger partial charge is 0.481 e. The first-order valence-electron chi connectivity index (χ1n) is 11.8. The summed E-state index contributed by atoms with van der Waals surface area (Å²) >= 11 is 0. The number of nitriles is 1. The minimum atomic E-state index is -3.66. The van der Waals surface area contributed by atoms with E-state index < -0.39 is 22.0 Å². The standard InChI is InChI=1S/C25H30N4O5S/c1-19(34-21-7-5-20(18-26)6-8-21)25(30)27-23-17-22(35(31,32)29-11-3-2-4-12-29)9-10-24(23)28-13-15-33-16-14-28/h5-10,17,19H,2-4,11-16H2,1H3,(H,27,30). The predicted octanol–water partition coefficient (Wildman–Crippen LogP) is 2.98. The van der Waals surface area contributed by atoms with Crippen LogP contribution >= 0.6 is 0 Å². The second-order valence-corrected chi connectivity index (χ2v) is 10.6. The Balaban J connectivity index is 1.58. The van der Waals surface area contributed by atoms with Gasteiger partial charge in [0.25, 0.3) is 5.91 Å². The first-order chi connectivity index (χ1) is 16.9. The van der Waals surface area contributed by atoms with E-state index in [2.05, 4.69) is 10.2 Å². The number of benzene rings is 2. The summed E-state index contributed by atoms with van der Waals surface area (Å²) in [4.78, 5) is 15.3. The van der Waals surface area contributed by atoms with Gasteiger partial charge in [0.05, 0.1) is 41.1 Å². The zero-order valence-electron chi connectivity index (χ0n) is 19.8. The van der Waals surface area contributed by atoms with E-state index in [1.54, 1.807) is 49.4 Å². The third-order valence-electron chi connectivity index (χ3n) is 6.20. The van der Waals surface area contributed by atoms with E-state index in [9.17, 15) is 13.2 Å². The number of hydrogen-bond acceptors (Lipinski definition) is 7. The number of anilines is 2. The molecule has 1 atom stereocenters. The van der Waals surface area contributed by atoms with Crippen LogP contribution in [0.1, 0.15) is 31.7 Å². The second kappa shape index (κ2) is 11.1. The number of carbonyl (C=O) groups is 1. The highest BCUT2D eigenvalue weighted by molar-refractivity contribution is 7.89. The molecule has 1 N–H and O–H groups in total. The van der Waals surface area contributed by atoms with Gasteiger partial charge in [-0.3, -0.25) is 4.79 Å². The van der Waals surface area contributed by atoms with Crippen molar-refractivity contribution < 1.29 is 22.7 Å². The molecule has 0 spiro atoms. The highest BCUT2D eigenvalue weighted by atomic mass is 32.2. The Kier molecular flexibility index (Phi) is 7.90. The lowest BCUT2D eigenvalue weighted by Crippen LogP contribution is -2.38. The smallest absolute Gasteiger partial charge is 0.265 e. The molecule has 2 heterocycles. The minimum absolute atomic E-state index is 0.160. The van der Waals surface area contributed by atoms with Crippen LogP contribution in [0.3, 0.4) is 0 Å². The molecule has 2 aliphatic heterocycles. The van der Waals surface area contributed by atoms with Gasteiger partial charge in [-0.2, -0.15) is 9.57 Å². The van der Waals surface area contributed by atoms with Crippen molar-refractivity contribution in [1.82, 2.24) is 4.31 Å². The lowest BCUT2D eigenvalue weighted by molar-refractivity contribution is -0.122. The summed E-state index contributed by atoms with van der Waals surface area (Å²) in [5.41, 5.74) is 1.66.